The quantitative estimate of drug-likeness (QED) is 0.333. The average molecular weight is 263 g/mol. The van der Waals surface area contributed by atoms with Gasteiger partial charge in [0.1, 0.15) is 5.69 Å². The first-order valence-electron chi connectivity index (χ1n) is 6.39. The Kier molecular flexibility index (Phi) is 2.09. The van der Waals surface area contributed by atoms with Gasteiger partial charge in [0.05, 0.1) is 17.1 Å². The molecule has 0 atom stereocenters. The van der Waals surface area contributed by atoms with Crippen molar-refractivity contribution in [2.75, 3.05) is 16.8 Å². The van der Waals surface area contributed by atoms with Crippen molar-refractivity contribution in [3.05, 3.63) is 48.5 Å². The molecule has 3 aromatic rings. The normalized spacial score (nSPS) is 12.2. The summed E-state index contributed by atoms with van der Waals surface area (Å²) in [6, 6.07) is 15.6. The Balaban J connectivity index is 2.06. The maximum absolute atomic E-state index is 6.14. The van der Waals surface area contributed by atoms with Crippen LogP contribution in [0.3, 0.4) is 0 Å². The summed E-state index contributed by atoms with van der Waals surface area (Å²) >= 11 is 0. The molecule has 20 heavy (non-hydrogen) atoms. The third-order valence-electron chi connectivity index (χ3n) is 3.61. The minimum atomic E-state index is 0.473. The number of rotatable bonds is 0. The second-order valence-electron chi connectivity index (χ2n) is 4.80. The van der Waals surface area contributed by atoms with Crippen LogP contribution in [0.25, 0.3) is 10.8 Å². The molecule has 3 aromatic carbocycles. The molecule has 0 bridgehead atoms. The van der Waals surface area contributed by atoms with Crippen LogP contribution in [0.1, 0.15) is 0 Å². The van der Waals surface area contributed by atoms with E-state index in [9.17, 15) is 0 Å². The maximum Gasteiger partial charge on any atom is 0.176 e. The fraction of sp³-hybridized carbons (Fsp3) is 0. The van der Waals surface area contributed by atoms with E-state index in [1.165, 1.54) is 0 Å². The lowest BCUT2D eigenvalue weighted by molar-refractivity contribution is 0.484. The summed E-state index contributed by atoms with van der Waals surface area (Å²) < 4.78 is 5.93. The highest BCUT2D eigenvalue weighted by Gasteiger charge is 2.23. The van der Waals surface area contributed by atoms with Gasteiger partial charge in [0.15, 0.2) is 11.5 Å². The van der Waals surface area contributed by atoms with E-state index in [4.69, 9.17) is 16.2 Å². The predicted octanol–water partition coefficient (Wildman–Crippen LogP) is 3.85. The zero-order valence-electron chi connectivity index (χ0n) is 10.7. The van der Waals surface area contributed by atoms with Gasteiger partial charge in [-0.25, -0.2) is 0 Å². The molecule has 4 rings (SSSR count). The molecular formula is C16H13N3O. The monoisotopic (exact) mass is 263 g/mol. The van der Waals surface area contributed by atoms with Crippen molar-refractivity contribution in [1.82, 2.24) is 0 Å². The predicted molar refractivity (Wildman–Crippen MR) is 82.6 cm³/mol. The highest BCUT2D eigenvalue weighted by molar-refractivity contribution is 6.11. The SMILES string of the molecule is Nc1c2c(c3ccccc3c1N)Nc1ccccc1O2. The van der Waals surface area contributed by atoms with Gasteiger partial charge in [0.2, 0.25) is 0 Å². The Bertz CT molecular complexity index is 842. The van der Waals surface area contributed by atoms with Crippen LogP contribution in [0, 0.1) is 0 Å². The Morgan fingerprint density at radius 3 is 2.35 bits per heavy atom. The zero-order valence-corrected chi connectivity index (χ0v) is 10.7. The molecule has 4 heteroatoms. The van der Waals surface area contributed by atoms with Crippen molar-refractivity contribution in [2.24, 2.45) is 0 Å². The largest absolute Gasteiger partial charge is 0.451 e. The lowest BCUT2D eigenvalue weighted by Gasteiger charge is -2.25. The van der Waals surface area contributed by atoms with E-state index >= 15 is 0 Å². The second-order valence-corrected chi connectivity index (χ2v) is 4.80. The number of hydrogen-bond acceptors (Lipinski definition) is 4. The fourth-order valence-electron chi connectivity index (χ4n) is 2.59. The molecule has 0 amide bonds. The number of hydrogen-bond donors (Lipinski definition) is 3. The summed E-state index contributed by atoms with van der Waals surface area (Å²) in [7, 11) is 0. The Labute approximate surface area is 116 Å². The first-order chi connectivity index (χ1) is 9.75. The van der Waals surface area contributed by atoms with Crippen LogP contribution in [0.5, 0.6) is 11.5 Å². The van der Waals surface area contributed by atoms with Crippen LogP contribution in [0.15, 0.2) is 48.5 Å². The van der Waals surface area contributed by atoms with Gasteiger partial charge in [0, 0.05) is 10.8 Å². The first kappa shape index (κ1) is 11.0. The summed E-state index contributed by atoms with van der Waals surface area (Å²) in [6.07, 6.45) is 0. The molecule has 0 spiro atoms. The number of nitrogen functional groups attached to an aromatic ring is 2. The van der Waals surface area contributed by atoms with Crippen LogP contribution in [-0.4, -0.2) is 0 Å². The molecule has 0 aromatic heterocycles. The van der Waals surface area contributed by atoms with E-state index < -0.39 is 0 Å². The van der Waals surface area contributed by atoms with Crippen molar-refractivity contribution >= 4 is 33.5 Å². The minimum Gasteiger partial charge on any atom is -0.451 e. The number of benzene rings is 3. The van der Waals surface area contributed by atoms with E-state index in [1.807, 2.05) is 48.5 Å². The van der Waals surface area contributed by atoms with E-state index in [1.54, 1.807) is 0 Å². The average Bonchev–Trinajstić information content (AvgIpc) is 2.51. The van der Waals surface area contributed by atoms with Gasteiger partial charge in [-0.15, -0.1) is 0 Å². The van der Waals surface area contributed by atoms with E-state index in [0.29, 0.717) is 17.1 Å². The van der Waals surface area contributed by atoms with Crippen LogP contribution in [0.4, 0.5) is 22.7 Å². The molecule has 0 unspecified atom stereocenters. The van der Waals surface area contributed by atoms with Gasteiger partial charge >= 0.3 is 0 Å². The van der Waals surface area contributed by atoms with Crippen LogP contribution in [-0.2, 0) is 0 Å². The highest BCUT2D eigenvalue weighted by Crippen LogP contribution is 2.51. The van der Waals surface area contributed by atoms with E-state index in [0.717, 1.165) is 27.9 Å². The molecule has 1 aliphatic rings. The summed E-state index contributed by atoms with van der Waals surface area (Å²) in [5.74, 6) is 1.35. The van der Waals surface area contributed by atoms with Gasteiger partial charge in [-0.3, -0.25) is 0 Å². The number of fused-ring (bicyclic) bond motifs is 4. The number of nitrogens with two attached hydrogens (primary N) is 2. The highest BCUT2D eigenvalue weighted by atomic mass is 16.5. The van der Waals surface area contributed by atoms with Crippen molar-refractivity contribution in [3.8, 4) is 11.5 Å². The van der Waals surface area contributed by atoms with Gasteiger partial charge in [-0.05, 0) is 12.1 Å². The molecule has 0 radical (unpaired) electrons. The summed E-state index contributed by atoms with van der Waals surface area (Å²) in [4.78, 5) is 0. The number of nitrogens with one attached hydrogen (secondary N) is 1. The van der Waals surface area contributed by atoms with Crippen molar-refractivity contribution in [3.63, 3.8) is 0 Å². The molecule has 1 heterocycles. The Morgan fingerprint density at radius 1 is 0.800 bits per heavy atom. The van der Waals surface area contributed by atoms with Crippen molar-refractivity contribution in [1.29, 1.82) is 0 Å². The second kappa shape index (κ2) is 3.81. The topological polar surface area (TPSA) is 73.3 Å². The molecule has 1 aliphatic heterocycles. The lowest BCUT2D eigenvalue weighted by Crippen LogP contribution is -2.08. The molecule has 0 aliphatic carbocycles. The molecule has 0 saturated carbocycles. The third kappa shape index (κ3) is 1.36. The van der Waals surface area contributed by atoms with E-state index in [2.05, 4.69) is 5.32 Å². The summed E-state index contributed by atoms with van der Waals surface area (Å²) in [5.41, 5.74) is 15.1. The molecule has 5 N–H and O–H groups in total. The maximum atomic E-state index is 6.14. The number of anilines is 4. The summed E-state index contributed by atoms with van der Waals surface area (Å²) in [6.45, 7) is 0. The Morgan fingerprint density at radius 2 is 1.50 bits per heavy atom. The van der Waals surface area contributed by atoms with Gasteiger partial charge in [0.25, 0.3) is 0 Å². The minimum absolute atomic E-state index is 0.473. The van der Waals surface area contributed by atoms with Crippen molar-refractivity contribution in [2.45, 2.75) is 0 Å². The summed E-state index contributed by atoms with van der Waals surface area (Å²) in [5, 5.41) is 5.32. The van der Waals surface area contributed by atoms with Crippen LogP contribution < -0.4 is 21.5 Å². The Hall–Kier alpha value is -2.88. The van der Waals surface area contributed by atoms with Gasteiger partial charge in [-0.2, -0.15) is 0 Å². The molecular weight excluding hydrogens is 250 g/mol. The first-order valence-corrected chi connectivity index (χ1v) is 6.39. The zero-order chi connectivity index (χ0) is 13.7. The number of ether oxygens (including phenoxy) is 1. The van der Waals surface area contributed by atoms with Crippen molar-refractivity contribution < 1.29 is 4.74 Å². The number of para-hydroxylation sites is 2. The van der Waals surface area contributed by atoms with Crippen LogP contribution in [0.2, 0.25) is 0 Å². The van der Waals surface area contributed by atoms with Gasteiger partial charge in [-0.1, -0.05) is 36.4 Å². The van der Waals surface area contributed by atoms with Gasteiger partial charge < -0.3 is 21.5 Å². The standard InChI is InChI=1S/C16H13N3O/c17-13-9-5-1-2-6-10(9)15-16(14(13)18)20-12-8-4-3-7-11(12)19-15/h1-8,19H,17-18H2. The lowest BCUT2D eigenvalue weighted by atomic mass is 10.0. The van der Waals surface area contributed by atoms with E-state index in [-0.39, 0.29) is 0 Å². The molecule has 0 fully saturated rings. The molecule has 4 nitrogen and oxygen atoms in total. The van der Waals surface area contributed by atoms with Crippen LogP contribution >= 0.6 is 0 Å². The molecule has 0 saturated heterocycles. The third-order valence-corrected chi connectivity index (χ3v) is 3.61. The smallest absolute Gasteiger partial charge is 0.176 e. The molecule has 98 valence electrons. The fourth-order valence-corrected chi connectivity index (χ4v) is 2.59.